The Kier molecular flexibility index (Phi) is 4.33. The van der Waals surface area contributed by atoms with Crippen LogP contribution < -0.4 is 0 Å². The maximum atomic E-state index is 12.8. The molecule has 106 valence electrons. The first-order valence-corrected chi connectivity index (χ1v) is 6.35. The summed E-state index contributed by atoms with van der Waals surface area (Å²) in [5.41, 5.74) is 0.740. The summed E-state index contributed by atoms with van der Waals surface area (Å²) in [6.07, 6.45) is -3.96. The average molecular weight is 303 g/mol. The maximum Gasteiger partial charge on any atom is 0.416 e. The zero-order valence-electron chi connectivity index (χ0n) is 10.3. The van der Waals surface area contributed by atoms with Crippen molar-refractivity contribution in [2.45, 2.75) is 18.0 Å². The Bertz CT molecular complexity index is 558. The number of halogens is 5. The van der Waals surface area contributed by atoms with Crippen LogP contribution in [0.1, 0.15) is 22.1 Å². The molecule has 0 nitrogen and oxygen atoms in total. The van der Waals surface area contributed by atoms with E-state index >= 15 is 0 Å². The molecule has 0 saturated heterocycles. The SMILES string of the molecule is Fc1ccc(C(Cl)Cc2ccc(C(F)(F)F)cc2)cc1. The second-order valence-corrected chi connectivity index (χ2v) is 4.94. The van der Waals surface area contributed by atoms with Crippen LogP contribution in [0.4, 0.5) is 17.6 Å². The van der Waals surface area contributed by atoms with Gasteiger partial charge >= 0.3 is 6.18 Å². The van der Waals surface area contributed by atoms with Gasteiger partial charge in [-0.25, -0.2) is 4.39 Å². The van der Waals surface area contributed by atoms with Crippen LogP contribution in [0.2, 0.25) is 0 Å². The van der Waals surface area contributed by atoms with Gasteiger partial charge in [-0.1, -0.05) is 24.3 Å². The third-order valence-corrected chi connectivity index (χ3v) is 3.33. The summed E-state index contributed by atoms with van der Waals surface area (Å²) in [6, 6.07) is 10.6. The lowest BCUT2D eigenvalue weighted by molar-refractivity contribution is -0.137. The summed E-state index contributed by atoms with van der Waals surface area (Å²) < 4.78 is 50.1. The highest BCUT2D eigenvalue weighted by Gasteiger charge is 2.29. The molecule has 0 heterocycles. The topological polar surface area (TPSA) is 0 Å². The van der Waals surface area contributed by atoms with Crippen molar-refractivity contribution in [1.29, 1.82) is 0 Å². The number of benzene rings is 2. The zero-order valence-corrected chi connectivity index (χ0v) is 11.0. The standard InChI is InChI=1S/C15H11ClF4/c16-14(11-3-7-13(17)8-4-11)9-10-1-5-12(6-2-10)15(18,19)20/h1-8,14H,9H2. The molecule has 1 atom stereocenters. The molecule has 5 heteroatoms. The molecule has 0 bridgehead atoms. The van der Waals surface area contributed by atoms with Gasteiger partial charge in [-0.2, -0.15) is 13.2 Å². The van der Waals surface area contributed by atoms with Crippen molar-refractivity contribution in [2.24, 2.45) is 0 Å². The van der Waals surface area contributed by atoms with Crippen LogP contribution in [-0.2, 0) is 12.6 Å². The smallest absolute Gasteiger partial charge is 0.207 e. The van der Waals surface area contributed by atoms with Gasteiger partial charge in [0.05, 0.1) is 10.9 Å². The van der Waals surface area contributed by atoms with E-state index in [4.69, 9.17) is 11.6 Å². The van der Waals surface area contributed by atoms with E-state index in [1.54, 1.807) is 12.1 Å². The van der Waals surface area contributed by atoms with E-state index in [1.165, 1.54) is 24.3 Å². The number of hydrogen-bond acceptors (Lipinski definition) is 0. The molecule has 0 saturated carbocycles. The van der Waals surface area contributed by atoms with E-state index < -0.39 is 17.1 Å². The molecule has 0 N–H and O–H groups in total. The maximum absolute atomic E-state index is 12.8. The number of rotatable bonds is 3. The van der Waals surface area contributed by atoms with Crippen molar-refractivity contribution in [3.05, 3.63) is 71.0 Å². The van der Waals surface area contributed by atoms with Crippen molar-refractivity contribution in [2.75, 3.05) is 0 Å². The number of alkyl halides is 4. The van der Waals surface area contributed by atoms with Crippen molar-refractivity contribution in [3.63, 3.8) is 0 Å². The molecule has 0 aliphatic rings. The van der Waals surface area contributed by atoms with E-state index in [9.17, 15) is 17.6 Å². The Labute approximate surface area is 119 Å². The highest BCUT2D eigenvalue weighted by Crippen LogP contribution is 2.30. The summed E-state index contributed by atoms with van der Waals surface area (Å²) in [5, 5.41) is -0.410. The first-order chi connectivity index (χ1) is 9.36. The molecule has 0 aromatic heterocycles. The van der Waals surface area contributed by atoms with Crippen LogP contribution in [0, 0.1) is 5.82 Å². The van der Waals surface area contributed by atoms with Crippen LogP contribution in [0.3, 0.4) is 0 Å². The molecule has 0 fully saturated rings. The Morgan fingerprint density at radius 2 is 1.45 bits per heavy atom. The summed E-state index contributed by atoms with van der Waals surface area (Å²) >= 11 is 6.18. The lowest BCUT2D eigenvalue weighted by Gasteiger charge is -2.11. The first kappa shape index (κ1) is 14.9. The summed E-state index contributed by atoms with van der Waals surface area (Å²) in [5.74, 6) is -0.354. The minimum Gasteiger partial charge on any atom is -0.207 e. The van der Waals surface area contributed by atoms with Crippen LogP contribution in [0.5, 0.6) is 0 Å². The highest BCUT2D eigenvalue weighted by atomic mass is 35.5. The second kappa shape index (κ2) is 5.83. The molecule has 0 amide bonds. The van der Waals surface area contributed by atoms with Gasteiger partial charge in [0.15, 0.2) is 0 Å². The van der Waals surface area contributed by atoms with Gasteiger partial charge < -0.3 is 0 Å². The van der Waals surface area contributed by atoms with Gasteiger partial charge in [0, 0.05) is 0 Å². The molecule has 20 heavy (non-hydrogen) atoms. The Morgan fingerprint density at radius 3 is 1.95 bits per heavy atom. The van der Waals surface area contributed by atoms with Crippen molar-refractivity contribution < 1.29 is 17.6 Å². The minimum absolute atomic E-state index is 0.354. The summed E-state index contributed by atoms with van der Waals surface area (Å²) in [6.45, 7) is 0. The molecule has 2 aromatic rings. The first-order valence-electron chi connectivity index (χ1n) is 5.92. The quantitative estimate of drug-likeness (QED) is 0.528. The zero-order chi connectivity index (χ0) is 14.8. The monoisotopic (exact) mass is 302 g/mol. The molecule has 2 aromatic carbocycles. The summed E-state index contributed by atoms with van der Waals surface area (Å²) in [4.78, 5) is 0. The van der Waals surface area contributed by atoms with E-state index in [0.717, 1.165) is 17.7 Å². The van der Waals surface area contributed by atoms with Gasteiger partial charge in [-0.15, -0.1) is 11.6 Å². The van der Waals surface area contributed by atoms with Crippen LogP contribution in [0.15, 0.2) is 48.5 Å². The van der Waals surface area contributed by atoms with E-state index in [1.807, 2.05) is 0 Å². The van der Waals surface area contributed by atoms with Crippen molar-refractivity contribution >= 4 is 11.6 Å². The fourth-order valence-electron chi connectivity index (χ4n) is 1.83. The van der Waals surface area contributed by atoms with Crippen LogP contribution in [0.25, 0.3) is 0 Å². The normalized spacial score (nSPS) is 13.2. The van der Waals surface area contributed by atoms with E-state index in [0.29, 0.717) is 12.0 Å². The van der Waals surface area contributed by atoms with Gasteiger partial charge in [0.1, 0.15) is 5.82 Å². The average Bonchev–Trinajstić information content (AvgIpc) is 2.39. The lowest BCUT2D eigenvalue weighted by Crippen LogP contribution is -2.05. The predicted molar refractivity (Wildman–Crippen MR) is 70.1 cm³/mol. The third-order valence-electron chi connectivity index (χ3n) is 2.93. The highest BCUT2D eigenvalue weighted by molar-refractivity contribution is 6.20. The molecule has 2 rings (SSSR count). The van der Waals surface area contributed by atoms with E-state index in [2.05, 4.69) is 0 Å². The third kappa shape index (κ3) is 3.73. The van der Waals surface area contributed by atoms with Crippen LogP contribution in [-0.4, -0.2) is 0 Å². The molecule has 0 radical (unpaired) electrons. The fraction of sp³-hybridized carbons (Fsp3) is 0.200. The number of hydrogen-bond donors (Lipinski definition) is 0. The van der Waals surface area contributed by atoms with Gasteiger partial charge in [-0.3, -0.25) is 0 Å². The Balaban J connectivity index is 2.08. The molecular weight excluding hydrogens is 292 g/mol. The Morgan fingerprint density at radius 1 is 0.900 bits per heavy atom. The second-order valence-electron chi connectivity index (χ2n) is 4.42. The lowest BCUT2D eigenvalue weighted by atomic mass is 10.0. The fourth-order valence-corrected chi connectivity index (χ4v) is 2.15. The Hall–Kier alpha value is -1.55. The van der Waals surface area contributed by atoms with Crippen molar-refractivity contribution in [3.8, 4) is 0 Å². The summed E-state index contributed by atoms with van der Waals surface area (Å²) in [7, 11) is 0. The predicted octanol–water partition coefficient (Wildman–Crippen LogP) is 5.37. The van der Waals surface area contributed by atoms with Gasteiger partial charge in [-0.05, 0) is 41.8 Å². The molecule has 1 unspecified atom stereocenters. The molecule has 0 aliphatic carbocycles. The van der Waals surface area contributed by atoms with Gasteiger partial charge in [0.2, 0.25) is 0 Å². The molecule has 0 spiro atoms. The molecule has 0 aliphatic heterocycles. The van der Waals surface area contributed by atoms with Crippen molar-refractivity contribution in [1.82, 2.24) is 0 Å². The van der Waals surface area contributed by atoms with Crippen LogP contribution >= 0.6 is 11.6 Å². The van der Waals surface area contributed by atoms with Gasteiger partial charge in [0.25, 0.3) is 0 Å². The largest absolute Gasteiger partial charge is 0.416 e. The molecular formula is C15H11ClF4. The minimum atomic E-state index is -4.34. The van der Waals surface area contributed by atoms with E-state index in [-0.39, 0.29) is 5.82 Å².